The molecule has 0 atom stereocenters. The molecule has 180 valence electrons. The number of benzene rings is 2. The van der Waals surface area contributed by atoms with Gasteiger partial charge in [0.15, 0.2) is 0 Å². The van der Waals surface area contributed by atoms with Crippen molar-refractivity contribution >= 4 is 23.2 Å². The van der Waals surface area contributed by atoms with Crippen LogP contribution in [0.15, 0.2) is 60.9 Å². The molecular weight excluding hydrogens is 434 g/mol. The van der Waals surface area contributed by atoms with Crippen LogP contribution in [0, 0.1) is 0 Å². The topological polar surface area (TPSA) is 121 Å². The predicted octanol–water partition coefficient (Wildman–Crippen LogP) is 3.28. The van der Waals surface area contributed by atoms with Crippen molar-refractivity contribution < 1.29 is 14.3 Å². The third-order valence-electron chi connectivity index (χ3n) is 4.68. The van der Waals surface area contributed by atoms with Gasteiger partial charge in [-0.1, -0.05) is 12.1 Å². The Kier molecular flexibility index (Phi) is 10.1. The van der Waals surface area contributed by atoms with E-state index in [0.29, 0.717) is 36.3 Å². The van der Waals surface area contributed by atoms with E-state index >= 15 is 0 Å². The highest BCUT2D eigenvalue weighted by molar-refractivity contribution is 5.99. The van der Waals surface area contributed by atoms with E-state index in [9.17, 15) is 4.79 Å². The van der Waals surface area contributed by atoms with Crippen LogP contribution in [0.1, 0.15) is 5.56 Å². The quantitative estimate of drug-likeness (QED) is 0.244. The Balaban J connectivity index is 1.46. The molecule has 0 saturated carbocycles. The zero-order chi connectivity index (χ0) is 24.0. The highest BCUT2D eigenvalue weighted by Gasteiger charge is 2.05. The van der Waals surface area contributed by atoms with Gasteiger partial charge in [-0.25, -0.2) is 14.8 Å². The van der Waals surface area contributed by atoms with Gasteiger partial charge in [0.05, 0.1) is 6.61 Å². The number of ether oxygens (including phenoxy) is 2. The molecule has 0 unspecified atom stereocenters. The van der Waals surface area contributed by atoms with Gasteiger partial charge >= 0.3 is 6.03 Å². The smallest absolute Gasteiger partial charge is 0.323 e. The average molecular weight is 466 g/mol. The summed E-state index contributed by atoms with van der Waals surface area (Å²) in [6.45, 7) is 3.80. The number of urea groups is 1. The van der Waals surface area contributed by atoms with Gasteiger partial charge in [0.1, 0.15) is 17.9 Å². The van der Waals surface area contributed by atoms with Gasteiger partial charge in [-0.05, 0) is 49.0 Å². The fourth-order valence-electron chi connectivity index (χ4n) is 2.95. The van der Waals surface area contributed by atoms with Crippen molar-refractivity contribution in [3.8, 4) is 11.6 Å². The zero-order valence-corrected chi connectivity index (χ0v) is 19.4. The summed E-state index contributed by atoms with van der Waals surface area (Å²) >= 11 is 0. The first-order valence-corrected chi connectivity index (χ1v) is 11.0. The maximum Gasteiger partial charge on any atom is 0.323 e. The van der Waals surface area contributed by atoms with Crippen LogP contribution in [0.4, 0.5) is 22.0 Å². The van der Waals surface area contributed by atoms with Gasteiger partial charge in [-0.15, -0.1) is 0 Å². The van der Waals surface area contributed by atoms with Gasteiger partial charge in [-0.3, -0.25) is 0 Å². The monoisotopic (exact) mass is 465 g/mol. The fourth-order valence-corrected chi connectivity index (χ4v) is 2.95. The minimum Gasteiger partial charge on any atom is -0.439 e. The Morgan fingerprint density at radius 1 is 0.912 bits per heavy atom. The van der Waals surface area contributed by atoms with Crippen molar-refractivity contribution in [1.29, 1.82) is 0 Å². The summed E-state index contributed by atoms with van der Waals surface area (Å²) in [6, 6.07) is 16.1. The Morgan fingerprint density at radius 2 is 1.62 bits per heavy atom. The lowest BCUT2D eigenvalue weighted by molar-refractivity contribution is 0.210. The van der Waals surface area contributed by atoms with Crippen molar-refractivity contribution in [3.05, 3.63) is 66.5 Å². The van der Waals surface area contributed by atoms with E-state index in [1.54, 1.807) is 37.4 Å². The highest BCUT2D eigenvalue weighted by Crippen LogP contribution is 2.22. The average Bonchev–Trinajstić information content (AvgIpc) is 2.84. The second-order valence-electron chi connectivity index (χ2n) is 7.34. The Labute approximate surface area is 199 Å². The fraction of sp³-hybridized carbons (Fsp3) is 0.292. The molecule has 0 bridgehead atoms. The van der Waals surface area contributed by atoms with E-state index < -0.39 is 0 Å². The molecule has 0 spiro atoms. The molecule has 0 saturated heterocycles. The Hall–Kier alpha value is -3.73. The number of carbonyl (C=O) groups excluding carboxylic acids is 1. The van der Waals surface area contributed by atoms with Crippen molar-refractivity contribution in [3.63, 3.8) is 0 Å². The molecule has 0 aliphatic rings. The number of anilines is 3. The summed E-state index contributed by atoms with van der Waals surface area (Å²) in [6.07, 6.45) is 1.43. The maximum atomic E-state index is 12.3. The van der Waals surface area contributed by atoms with Crippen LogP contribution in [0.3, 0.4) is 0 Å². The van der Waals surface area contributed by atoms with Crippen molar-refractivity contribution in [2.24, 2.45) is 0 Å². The van der Waals surface area contributed by atoms with Crippen LogP contribution in [-0.4, -0.2) is 56.4 Å². The van der Waals surface area contributed by atoms with E-state index in [0.717, 1.165) is 30.9 Å². The van der Waals surface area contributed by atoms with E-state index in [1.807, 2.05) is 31.3 Å². The number of hydrogen-bond acceptors (Lipinski definition) is 8. The van der Waals surface area contributed by atoms with Gasteiger partial charge in [0.2, 0.25) is 5.88 Å². The molecule has 34 heavy (non-hydrogen) atoms. The molecule has 0 fully saturated rings. The number of aromatic nitrogens is 2. The first kappa shape index (κ1) is 24.9. The van der Waals surface area contributed by atoms with E-state index in [-0.39, 0.29) is 6.03 Å². The Bertz CT molecular complexity index is 1010. The SMILES string of the molecule is CNCCNCc1ccc(NC(=O)Nc2ccc(Oc3cc(NCCOC)ncn3)cc2)cc1. The predicted molar refractivity (Wildman–Crippen MR) is 134 cm³/mol. The van der Waals surface area contributed by atoms with Gasteiger partial charge < -0.3 is 36.1 Å². The van der Waals surface area contributed by atoms with Crippen molar-refractivity contribution in [2.45, 2.75) is 6.54 Å². The van der Waals surface area contributed by atoms with Gasteiger partial charge in [-0.2, -0.15) is 0 Å². The summed E-state index contributed by atoms with van der Waals surface area (Å²) in [4.78, 5) is 20.6. The number of amides is 2. The van der Waals surface area contributed by atoms with Crippen molar-refractivity contribution in [2.75, 3.05) is 56.3 Å². The van der Waals surface area contributed by atoms with Crippen molar-refractivity contribution in [1.82, 2.24) is 20.6 Å². The minimum absolute atomic E-state index is 0.323. The lowest BCUT2D eigenvalue weighted by Gasteiger charge is -2.10. The van der Waals surface area contributed by atoms with Crippen LogP contribution < -0.4 is 31.3 Å². The molecule has 5 N–H and O–H groups in total. The number of carbonyl (C=O) groups is 1. The summed E-state index contributed by atoms with van der Waals surface area (Å²) in [7, 11) is 3.57. The van der Waals surface area contributed by atoms with Gasteiger partial charge in [0.25, 0.3) is 0 Å². The molecule has 1 heterocycles. The number of methoxy groups -OCH3 is 1. The minimum atomic E-state index is -0.323. The van der Waals surface area contributed by atoms with Crippen LogP contribution in [-0.2, 0) is 11.3 Å². The lowest BCUT2D eigenvalue weighted by Crippen LogP contribution is -2.24. The van der Waals surface area contributed by atoms with E-state index in [2.05, 4.69) is 36.6 Å². The Morgan fingerprint density at radius 3 is 2.29 bits per heavy atom. The first-order valence-electron chi connectivity index (χ1n) is 11.0. The highest BCUT2D eigenvalue weighted by atomic mass is 16.5. The summed E-state index contributed by atoms with van der Waals surface area (Å²) in [5.74, 6) is 1.65. The molecule has 3 aromatic rings. The molecule has 10 heteroatoms. The first-order chi connectivity index (χ1) is 16.7. The second kappa shape index (κ2) is 13.7. The molecule has 0 radical (unpaired) electrons. The summed E-state index contributed by atoms with van der Waals surface area (Å²) in [5, 5.41) is 15.2. The van der Waals surface area contributed by atoms with Gasteiger partial charge in [0, 0.05) is 50.7 Å². The molecule has 0 aliphatic carbocycles. The van der Waals surface area contributed by atoms with Crippen LogP contribution >= 0.6 is 0 Å². The van der Waals surface area contributed by atoms with Crippen LogP contribution in [0.25, 0.3) is 0 Å². The summed E-state index contributed by atoms with van der Waals surface area (Å²) in [5.41, 5.74) is 2.51. The molecule has 2 aromatic carbocycles. The van der Waals surface area contributed by atoms with Crippen LogP contribution in [0.5, 0.6) is 11.6 Å². The number of hydrogen-bond donors (Lipinski definition) is 5. The third kappa shape index (κ3) is 8.66. The van der Waals surface area contributed by atoms with Crippen LogP contribution in [0.2, 0.25) is 0 Å². The zero-order valence-electron chi connectivity index (χ0n) is 19.4. The standard InChI is InChI=1S/C24H31N7O3/c1-25-11-12-26-16-18-3-5-19(6-4-18)30-24(32)31-20-7-9-21(10-8-20)34-23-15-22(28-17-29-23)27-13-14-33-2/h3-10,15,17,25-26H,11-14,16H2,1-2H3,(H,27,28,29)(H2,30,31,32). The summed E-state index contributed by atoms with van der Waals surface area (Å²) < 4.78 is 10.8. The number of nitrogens with zero attached hydrogens (tertiary/aromatic N) is 2. The molecular formula is C24H31N7O3. The molecule has 1 aromatic heterocycles. The molecule has 10 nitrogen and oxygen atoms in total. The molecule has 2 amide bonds. The van der Waals surface area contributed by atoms with E-state index in [1.165, 1.54) is 6.33 Å². The normalized spacial score (nSPS) is 10.5. The molecule has 3 rings (SSSR count). The second-order valence-corrected chi connectivity index (χ2v) is 7.34. The maximum absolute atomic E-state index is 12.3. The number of rotatable bonds is 13. The molecule has 0 aliphatic heterocycles. The third-order valence-corrected chi connectivity index (χ3v) is 4.68. The lowest BCUT2D eigenvalue weighted by atomic mass is 10.2. The van der Waals surface area contributed by atoms with E-state index in [4.69, 9.17) is 9.47 Å². The largest absolute Gasteiger partial charge is 0.439 e. The number of nitrogens with one attached hydrogen (secondary N) is 5. The number of likely N-dealkylation sites (N-methyl/N-ethyl adjacent to an activating group) is 1.